The van der Waals surface area contributed by atoms with Crippen molar-refractivity contribution in [3.05, 3.63) is 44.7 Å². The second-order valence-corrected chi connectivity index (χ2v) is 6.78. The number of rotatable bonds is 7. The molecule has 0 saturated carbocycles. The molecule has 0 spiro atoms. The summed E-state index contributed by atoms with van der Waals surface area (Å²) in [6.45, 7) is 4.52. The van der Waals surface area contributed by atoms with Crippen LogP contribution in [0.3, 0.4) is 0 Å². The number of anilines is 3. The molecule has 0 aromatic heterocycles. The Morgan fingerprint density at radius 1 is 1.00 bits per heavy atom. The number of benzene rings is 1. The first-order valence-corrected chi connectivity index (χ1v) is 8.87. The summed E-state index contributed by atoms with van der Waals surface area (Å²) in [4.78, 5) is 30.3. The number of piperazine rings is 1. The van der Waals surface area contributed by atoms with Crippen LogP contribution >= 0.6 is 0 Å². The number of ether oxygens (including phenoxy) is 1. The third kappa shape index (κ3) is 3.67. The summed E-state index contributed by atoms with van der Waals surface area (Å²) in [7, 11) is 5.61. The Hall–Kier alpha value is -2.54. The Morgan fingerprint density at radius 3 is 2.19 bits per heavy atom. The molecule has 2 aromatic carbocycles. The maximum atomic E-state index is 12.1. The van der Waals surface area contributed by atoms with E-state index in [9.17, 15) is 9.59 Å². The number of hydrogen-bond acceptors (Lipinski definition) is 7. The van der Waals surface area contributed by atoms with E-state index in [1.165, 1.54) is 0 Å². The molecule has 0 unspecified atom stereocenters. The number of likely N-dealkylation sites (N-methyl/N-ethyl adjacent to an activating group) is 1. The van der Waals surface area contributed by atoms with Crippen LogP contribution in [0.2, 0.25) is 0 Å². The zero-order valence-corrected chi connectivity index (χ0v) is 15.6. The predicted molar refractivity (Wildman–Crippen MR) is 106 cm³/mol. The first-order chi connectivity index (χ1) is 12.5. The van der Waals surface area contributed by atoms with Crippen molar-refractivity contribution in [3.63, 3.8) is 0 Å². The van der Waals surface area contributed by atoms with E-state index in [0.29, 0.717) is 17.9 Å². The number of methoxy groups -OCH3 is 1. The van der Waals surface area contributed by atoms with E-state index >= 15 is 0 Å². The molecule has 140 valence electrons. The number of hydrogen-bond donors (Lipinski definition) is 1. The summed E-state index contributed by atoms with van der Waals surface area (Å²) >= 11 is 0. The van der Waals surface area contributed by atoms with Crippen molar-refractivity contribution in [2.45, 2.75) is 0 Å². The summed E-state index contributed by atoms with van der Waals surface area (Å²) in [5.74, 6) is 0.838. The monoisotopic (exact) mass is 358 g/mol. The SMILES string of the molecule is COc1ccc(N2CCN(c3c(NCCN(C)C)c(=O)c3=O)CC2)cc1. The van der Waals surface area contributed by atoms with Gasteiger partial charge < -0.3 is 24.8 Å². The lowest BCUT2D eigenvalue weighted by molar-refractivity contribution is 0.415. The van der Waals surface area contributed by atoms with Crippen LogP contribution in [-0.4, -0.2) is 65.4 Å². The highest BCUT2D eigenvalue weighted by Gasteiger charge is 2.28. The molecule has 26 heavy (non-hydrogen) atoms. The van der Waals surface area contributed by atoms with Crippen molar-refractivity contribution >= 4 is 17.1 Å². The Bertz CT molecular complexity index is 801. The average molecular weight is 358 g/mol. The van der Waals surface area contributed by atoms with Crippen LogP contribution < -0.4 is 30.7 Å². The standard InChI is InChI=1S/C19H26N4O3/c1-21(2)9-8-20-16-17(19(25)18(16)24)23-12-10-22(11-13-23)14-4-6-15(26-3)7-5-14/h4-7,20H,8-13H2,1-3H3. The van der Waals surface area contributed by atoms with Crippen molar-refractivity contribution in [1.29, 1.82) is 0 Å². The molecule has 1 aliphatic rings. The minimum absolute atomic E-state index is 0.366. The zero-order valence-electron chi connectivity index (χ0n) is 15.6. The minimum atomic E-state index is -0.392. The summed E-state index contributed by atoms with van der Waals surface area (Å²) in [6.07, 6.45) is 0. The molecule has 0 amide bonds. The van der Waals surface area contributed by atoms with Gasteiger partial charge in [-0.3, -0.25) is 9.59 Å². The number of nitrogens with one attached hydrogen (secondary N) is 1. The summed E-state index contributed by atoms with van der Waals surface area (Å²) in [5.41, 5.74) is 1.42. The van der Waals surface area contributed by atoms with E-state index in [2.05, 4.69) is 10.2 Å². The maximum absolute atomic E-state index is 12.1. The fourth-order valence-electron chi connectivity index (χ4n) is 3.23. The van der Waals surface area contributed by atoms with Gasteiger partial charge in [-0.2, -0.15) is 0 Å². The molecule has 7 heteroatoms. The topological polar surface area (TPSA) is 65.1 Å². The summed E-state index contributed by atoms with van der Waals surface area (Å²) in [6, 6.07) is 7.98. The van der Waals surface area contributed by atoms with E-state index in [0.717, 1.165) is 44.2 Å². The summed E-state index contributed by atoms with van der Waals surface area (Å²) in [5, 5.41) is 3.13. The third-order valence-corrected chi connectivity index (χ3v) is 4.78. The van der Waals surface area contributed by atoms with Gasteiger partial charge in [-0.25, -0.2) is 0 Å². The second kappa shape index (κ2) is 7.78. The molecule has 1 aliphatic heterocycles. The van der Waals surface area contributed by atoms with Crippen LogP contribution in [0.1, 0.15) is 0 Å². The molecule has 7 nitrogen and oxygen atoms in total. The maximum Gasteiger partial charge on any atom is 0.253 e. The molecular formula is C19H26N4O3. The van der Waals surface area contributed by atoms with Gasteiger partial charge in [-0.1, -0.05) is 0 Å². The predicted octanol–water partition coefficient (Wildman–Crippen LogP) is 0.591. The highest BCUT2D eigenvalue weighted by molar-refractivity contribution is 5.75. The van der Waals surface area contributed by atoms with Crippen molar-refractivity contribution < 1.29 is 4.74 Å². The Kier molecular flexibility index (Phi) is 5.46. The van der Waals surface area contributed by atoms with Gasteiger partial charge in [0.2, 0.25) is 0 Å². The normalized spacial score (nSPS) is 14.9. The van der Waals surface area contributed by atoms with Gasteiger partial charge in [0, 0.05) is 45.0 Å². The van der Waals surface area contributed by atoms with Crippen molar-refractivity contribution in [2.75, 3.05) is 75.6 Å². The van der Waals surface area contributed by atoms with Gasteiger partial charge >= 0.3 is 0 Å². The molecule has 3 rings (SSSR count). The van der Waals surface area contributed by atoms with Crippen LogP contribution in [0, 0.1) is 0 Å². The largest absolute Gasteiger partial charge is 0.497 e. The van der Waals surface area contributed by atoms with Crippen molar-refractivity contribution in [1.82, 2.24) is 4.90 Å². The Morgan fingerprint density at radius 2 is 1.62 bits per heavy atom. The van der Waals surface area contributed by atoms with Crippen LogP contribution in [0.15, 0.2) is 33.9 Å². The van der Waals surface area contributed by atoms with Gasteiger partial charge in [0.25, 0.3) is 10.9 Å². The molecule has 0 atom stereocenters. The van der Waals surface area contributed by atoms with Crippen LogP contribution in [-0.2, 0) is 0 Å². The third-order valence-electron chi connectivity index (χ3n) is 4.78. The van der Waals surface area contributed by atoms with Gasteiger partial charge in [0.1, 0.15) is 17.1 Å². The lowest BCUT2D eigenvalue weighted by Crippen LogP contribution is -2.51. The van der Waals surface area contributed by atoms with E-state index < -0.39 is 5.43 Å². The number of nitrogens with zero attached hydrogens (tertiary/aromatic N) is 3. The van der Waals surface area contributed by atoms with Crippen molar-refractivity contribution in [2.24, 2.45) is 0 Å². The van der Waals surface area contributed by atoms with Crippen LogP contribution in [0.4, 0.5) is 17.1 Å². The zero-order chi connectivity index (χ0) is 18.7. The second-order valence-electron chi connectivity index (χ2n) is 6.78. The lowest BCUT2D eigenvalue weighted by Gasteiger charge is -2.38. The molecule has 1 fully saturated rings. The highest BCUT2D eigenvalue weighted by Crippen LogP contribution is 2.24. The average Bonchev–Trinajstić information content (AvgIpc) is 2.67. The molecule has 1 heterocycles. The minimum Gasteiger partial charge on any atom is -0.497 e. The van der Waals surface area contributed by atoms with E-state index in [4.69, 9.17) is 4.74 Å². The first-order valence-electron chi connectivity index (χ1n) is 8.87. The molecule has 0 radical (unpaired) electrons. The van der Waals surface area contributed by atoms with Gasteiger partial charge in [-0.15, -0.1) is 0 Å². The van der Waals surface area contributed by atoms with Gasteiger partial charge in [0.05, 0.1) is 7.11 Å². The smallest absolute Gasteiger partial charge is 0.253 e. The quantitative estimate of drug-likeness (QED) is 0.727. The lowest BCUT2D eigenvalue weighted by atomic mass is 10.1. The van der Waals surface area contributed by atoms with E-state index in [1.807, 2.05) is 48.2 Å². The Balaban J connectivity index is 1.62. The fraction of sp³-hybridized carbons (Fsp3) is 0.474. The molecule has 0 bridgehead atoms. The highest BCUT2D eigenvalue weighted by atomic mass is 16.5. The van der Waals surface area contributed by atoms with Crippen LogP contribution in [0.5, 0.6) is 5.75 Å². The molecule has 1 saturated heterocycles. The molecule has 1 N–H and O–H groups in total. The van der Waals surface area contributed by atoms with Gasteiger partial charge in [0.15, 0.2) is 0 Å². The summed E-state index contributed by atoms with van der Waals surface area (Å²) < 4.78 is 5.20. The van der Waals surface area contributed by atoms with Crippen LogP contribution in [0.25, 0.3) is 0 Å². The Labute approximate surface area is 153 Å². The van der Waals surface area contributed by atoms with Crippen molar-refractivity contribution in [3.8, 4) is 5.75 Å². The van der Waals surface area contributed by atoms with E-state index in [1.54, 1.807) is 7.11 Å². The molecule has 0 aliphatic carbocycles. The van der Waals surface area contributed by atoms with E-state index in [-0.39, 0.29) is 5.43 Å². The van der Waals surface area contributed by atoms with Gasteiger partial charge in [-0.05, 0) is 38.4 Å². The molecule has 2 aromatic rings. The first kappa shape index (κ1) is 18.3. The molecular weight excluding hydrogens is 332 g/mol. The fourth-order valence-corrected chi connectivity index (χ4v) is 3.23.